The number of hydrogen-bond acceptors (Lipinski definition) is 3. The molecule has 1 saturated heterocycles. The summed E-state index contributed by atoms with van der Waals surface area (Å²) in [6, 6.07) is 6.30. The number of anilines is 1. The number of rotatable bonds is 8. The second-order valence-corrected chi connectivity index (χ2v) is 6.21. The summed E-state index contributed by atoms with van der Waals surface area (Å²) in [4.78, 5) is 15.9. The molecule has 5 nitrogen and oxygen atoms in total. The van der Waals surface area contributed by atoms with E-state index >= 15 is 0 Å². The molecular weight excluding hydrogens is 321 g/mol. The molecule has 0 unspecified atom stereocenters. The molecular formula is C19H26FN3O2. The average molecular weight is 347 g/mol. The highest BCUT2D eigenvalue weighted by Gasteiger charge is 2.21. The third-order valence-corrected chi connectivity index (χ3v) is 4.21. The summed E-state index contributed by atoms with van der Waals surface area (Å²) in [6.45, 7) is 2.80. The topological polar surface area (TPSA) is 44.8 Å². The van der Waals surface area contributed by atoms with E-state index in [0.29, 0.717) is 19.6 Å². The number of terminal acetylenes is 1. The molecule has 1 aliphatic rings. The molecule has 1 aliphatic heterocycles. The van der Waals surface area contributed by atoms with Gasteiger partial charge in [-0.05, 0) is 37.5 Å². The first-order valence-electron chi connectivity index (χ1n) is 8.64. The minimum Gasteiger partial charge on any atom is -0.376 e. The van der Waals surface area contributed by atoms with Crippen LogP contribution in [0.15, 0.2) is 24.3 Å². The van der Waals surface area contributed by atoms with E-state index in [0.717, 1.165) is 31.6 Å². The van der Waals surface area contributed by atoms with Crippen LogP contribution in [0.2, 0.25) is 0 Å². The van der Waals surface area contributed by atoms with E-state index in [1.165, 1.54) is 12.1 Å². The van der Waals surface area contributed by atoms with E-state index in [1.54, 1.807) is 11.0 Å². The molecule has 1 aromatic carbocycles. The lowest BCUT2D eigenvalue weighted by molar-refractivity contribution is 0.0846. The van der Waals surface area contributed by atoms with Crippen molar-refractivity contribution < 1.29 is 13.9 Å². The summed E-state index contributed by atoms with van der Waals surface area (Å²) < 4.78 is 18.8. The maximum atomic E-state index is 13.2. The summed E-state index contributed by atoms with van der Waals surface area (Å²) in [7, 11) is 1.90. The molecule has 2 rings (SSSR count). The zero-order valence-corrected chi connectivity index (χ0v) is 14.7. The maximum Gasteiger partial charge on any atom is 0.318 e. The lowest BCUT2D eigenvalue weighted by Crippen LogP contribution is -2.44. The minimum absolute atomic E-state index is 0.0817. The Hall–Kier alpha value is -2.26. The van der Waals surface area contributed by atoms with Crippen molar-refractivity contribution in [1.29, 1.82) is 0 Å². The van der Waals surface area contributed by atoms with Crippen LogP contribution in [0.4, 0.5) is 14.9 Å². The van der Waals surface area contributed by atoms with Gasteiger partial charge in [0.15, 0.2) is 0 Å². The van der Waals surface area contributed by atoms with Crippen LogP contribution >= 0.6 is 0 Å². The number of benzene rings is 1. The molecule has 1 fully saturated rings. The van der Waals surface area contributed by atoms with Crippen molar-refractivity contribution in [2.75, 3.05) is 44.7 Å². The summed E-state index contributed by atoms with van der Waals surface area (Å²) in [5, 5.41) is 2.89. The van der Waals surface area contributed by atoms with Gasteiger partial charge in [-0.1, -0.05) is 12.0 Å². The average Bonchev–Trinajstić information content (AvgIpc) is 3.11. The van der Waals surface area contributed by atoms with Gasteiger partial charge in [0.05, 0.1) is 12.6 Å². The smallest absolute Gasteiger partial charge is 0.318 e. The highest BCUT2D eigenvalue weighted by atomic mass is 19.1. The number of ether oxygens (including phenoxy) is 1. The Balaban J connectivity index is 1.71. The van der Waals surface area contributed by atoms with Gasteiger partial charge < -0.3 is 19.9 Å². The quantitative estimate of drug-likeness (QED) is 0.580. The predicted octanol–water partition coefficient (Wildman–Crippen LogP) is 2.48. The van der Waals surface area contributed by atoms with Crippen LogP contribution in [0.5, 0.6) is 0 Å². The molecule has 0 aliphatic carbocycles. The van der Waals surface area contributed by atoms with E-state index in [2.05, 4.69) is 11.2 Å². The number of carbonyl (C=O) groups is 1. The molecule has 1 atom stereocenters. The van der Waals surface area contributed by atoms with E-state index in [4.69, 9.17) is 11.2 Å². The molecule has 1 N–H and O–H groups in total. The number of nitrogens with one attached hydrogen (secondary N) is 1. The van der Waals surface area contributed by atoms with Gasteiger partial charge in [0.1, 0.15) is 5.82 Å². The summed E-state index contributed by atoms with van der Waals surface area (Å²) in [6.07, 6.45) is 8.19. The number of nitrogens with zero attached hydrogens (tertiary/aromatic N) is 2. The number of halogens is 1. The van der Waals surface area contributed by atoms with Gasteiger partial charge in [0.2, 0.25) is 0 Å². The second-order valence-electron chi connectivity index (χ2n) is 6.21. The van der Waals surface area contributed by atoms with Gasteiger partial charge in [-0.15, -0.1) is 6.42 Å². The minimum atomic E-state index is -0.253. The van der Waals surface area contributed by atoms with Gasteiger partial charge in [-0.3, -0.25) is 0 Å². The predicted molar refractivity (Wildman–Crippen MR) is 97.1 cm³/mol. The van der Waals surface area contributed by atoms with Crippen LogP contribution in [-0.2, 0) is 4.74 Å². The molecule has 1 heterocycles. The molecule has 0 saturated carbocycles. The van der Waals surface area contributed by atoms with Gasteiger partial charge >= 0.3 is 6.03 Å². The Bertz CT molecular complexity index is 597. The fraction of sp³-hybridized carbons (Fsp3) is 0.526. The summed E-state index contributed by atoms with van der Waals surface area (Å²) in [5.41, 5.74) is 0.818. The molecule has 6 heteroatoms. The van der Waals surface area contributed by atoms with E-state index in [9.17, 15) is 9.18 Å². The Morgan fingerprint density at radius 1 is 1.52 bits per heavy atom. The van der Waals surface area contributed by atoms with Gasteiger partial charge in [-0.25, -0.2) is 9.18 Å². The third-order valence-electron chi connectivity index (χ3n) is 4.21. The van der Waals surface area contributed by atoms with Crippen molar-refractivity contribution in [3.63, 3.8) is 0 Å². The van der Waals surface area contributed by atoms with Crippen LogP contribution in [0.25, 0.3) is 0 Å². The van der Waals surface area contributed by atoms with Crippen molar-refractivity contribution >= 4 is 11.7 Å². The van der Waals surface area contributed by atoms with Crippen LogP contribution in [0, 0.1) is 18.2 Å². The van der Waals surface area contributed by atoms with Crippen molar-refractivity contribution in [2.45, 2.75) is 25.4 Å². The third kappa shape index (κ3) is 6.28. The van der Waals surface area contributed by atoms with Gasteiger partial charge in [-0.2, -0.15) is 0 Å². The molecule has 0 radical (unpaired) electrons. The SMILES string of the molecule is C#CCN(C[C@@H]1CCCO1)C(=O)NCCCN(C)c1cccc(F)c1. The second kappa shape index (κ2) is 9.90. The highest BCUT2D eigenvalue weighted by Crippen LogP contribution is 2.14. The maximum absolute atomic E-state index is 13.2. The van der Waals surface area contributed by atoms with Gasteiger partial charge in [0.25, 0.3) is 0 Å². The molecule has 0 spiro atoms. The van der Waals surface area contributed by atoms with Crippen molar-refractivity contribution in [1.82, 2.24) is 10.2 Å². The summed E-state index contributed by atoms with van der Waals surface area (Å²) in [5.74, 6) is 2.27. The fourth-order valence-corrected chi connectivity index (χ4v) is 2.83. The number of carbonyl (C=O) groups excluding carboxylic acids is 1. The molecule has 1 aromatic rings. The molecule has 2 amide bonds. The first kappa shape index (κ1) is 19.1. The van der Waals surface area contributed by atoms with Crippen molar-refractivity contribution in [3.05, 3.63) is 30.1 Å². The fourth-order valence-electron chi connectivity index (χ4n) is 2.83. The summed E-state index contributed by atoms with van der Waals surface area (Å²) >= 11 is 0. The molecule has 0 aromatic heterocycles. The highest BCUT2D eigenvalue weighted by molar-refractivity contribution is 5.74. The standard InChI is InChI=1S/C19H26FN3O2/c1-3-11-23(15-18-9-5-13-25-18)19(24)21-10-6-12-22(2)17-8-4-7-16(20)14-17/h1,4,7-8,14,18H,5-6,9-13,15H2,2H3,(H,21,24)/t18-/m0/s1. The normalized spacial score (nSPS) is 16.3. The van der Waals surface area contributed by atoms with E-state index in [-0.39, 0.29) is 24.5 Å². The van der Waals surface area contributed by atoms with Crippen LogP contribution < -0.4 is 10.2 Å². The lowest BCUT2D eigenvalue weighted by atomic mass is 10.2. The van der Waals surface area contributed by atoms with E-state index < -0.39 is 0 Å². The Kier molecular flexibility index (Phi) is 7.55. The van der Waals surface area contributed by atoms with Crippen molar-refractivity contribution in [2.24, 2.45) is 0 Å². The van der Waals surface area contributed by atoms with Gasteiger partial charge in [0, 0.05) is 39.0 Å². The molecule has 25 heavy (non-hydrogen) atoms. The number of urea groups is 1. The first-order chi connectivity index (χ1) is 12.1. The van der Waals surface area contributed by atoms with Crippen molar-refractivity contribution in [3.8, 4) is 12.3 Å². The zero-order valence-electron chi connectivity index (χ0n) is 14.7. The van der Waals surface area contributed by atoms with Crippen LogP contribution in [0.1, 0.15) is 19.3 Å². The largest absolute Gasteiger partial charge is 0.376 e. The zero-order chi connectivity index (χ0) is 18.1. The van der Waals surface area contributed by atoms with Crippen LogP contribution in [-0.4, -0.2) is 56.9 Å². The lowest BCUT2D eigenvalue weighted by Gasteiger charge is -2.24. The Morgan fingerprint density at radius 3 is 3.04 bits per heavy atom. The number of amides is 2. The first-order valence-corrected chi connectivity index (χ1v) is 8.64. The molecule has 0 bridgehead atoms. The Morgan fingerprint density at radius 2 is 2.36 bits per heavy atom. The molecule has 136 valence electrons. The van der Waals surface area contributed by atoms with Crippen LogP contribution in [0.3, 0.4) is 0 Å². The number of hydrogen-bond donors (Lipinski definition) is 1. The van der Waals surface area contributed by atoms with E-state index in [1.807, 2.05) is 18.0 Å². The Labute approximate surface area is 149 Å². The monoisotopic (exact) mass is 347 g/mol.